The van der Waals surface area contributed by atoms with Gasteiger partial charge in [0, 0.05) is 24.4 Å². The number of hydrogen-bond donors (Lipinski definition) is 2. The molecule has 2 N–H and O–H groups in total. The van der Waals surface area contributed by atoms with Crippen LogP contribution in [0.2, 0.25) is 0 Å². The van der Waals surface area contributed by atoms with Gasteiger partial charge in [-0.1, -0.05) is 6.92 Å². The zero-order valence-electron chi connectivity index (χ0n) is 10.3. The number of nitrogens with one attached hydrogen (secondary N) is 2. The lowest BCUT2D eigenvalue weighted by Gasteiger charge is -2.09. The van der Waals surface area contributed by atoms with Crippen LogP contribution in [-0.2, 0) is 0 Å². The van der Waals surface area contributed by atoms with Gasteiger partial charge in [-0.25, -0.2) is 0 Å². The van der Waals surface area contributed by atoms with Crippen molar-refractivity contribution >= 4 is 11.4 Å². The van der Waals surface area contributed by atoms with Crippen LogP contribution in [-0.4, -0.2) is 24.6 Å². The standard InChI is InChI=1S/C12H19N3O2/c1-3-13-7-4-8-14-12-6-5-11(15(16)17)9-10(12)2/h5-6,9,13-14H,3-4,7-8H2,1-2H3. The number of nitro benzene ring substituents is 1. The first-order valence-corrected chi connectivity index (χ1v) is 5.84. The Kier molecular flexibility index (Phi) is 5.42. The second-order valence-corrected chi connectivity index (χ2v) is 3.89. The first kappa shape index (κ1) is 13.4. The van der Waals surface area contributed by atoms with Gasteiger partial charge in [0.2, 0.25) is 0 Å². The van der Waals surface area contributed by atoms with Gasteiger partial charge in [-0.3, -0.25) is 10.1 Å². The molecular weight excluding hydrogens is 218 g/mol. The SMILES string of the molecule is CCNCCCNc1ccc([N+](=O)[O-])cc1C. The van der Waals surface area contributed by atoms with Crippen molar-refractivity contribution in [2.75, 3.05) is 25.0 Å². The molecule has 5 heteroatoms. The van der Waals surface area contributed by atoms with Gasteiger partial charge < -0.3 is 10.6 Å². The maximum absolute atomic E-state index is 10.6. The van der Waals surface area contributed by atoms with Crippen molar-refractivity contribution in [3.8, 4) is 0 Å². The van der Waals surface area contributed by atoms with Gasteiger partial charge in [-0.15, -0.1) is 0 Å². The molecule has 0 unspecified atom stereocenters. The number of nitrogens with zero attached hydrogens (tertiary/aromatic N) is 1. The van der Waals surface area contributed by atoms with Gasteiger partial charge in [0.25, 0.3) is 5.69 Å². The summed E-state index contributed by atoms with van der Waals surface area (Å²) in [7, 11) is 0. The highest BCUT2D eigenvalue weighted by molar-refractivity contribution is 5.55. The number of hydrogen-bond acceptors (Lipinski definition) is 4. The third-order valence-electron chi connectivity index (χ3n) is 2.52. The van der Waals surface area contributed by atoms with Gasteiger partial charge in [-0.05, 0) is 38.1 Å². The van der Waals surface area contributed by atoms with Crippen molar-refractivity contribution in [3.63, 3.8) is 0 Å². The summed E-state index contributed by atoms with van der Waals surface area (Å²) in [6.07, 6.45) is 1.03. The van der Waals surface area contributed by atoms with Crippen molar-refractivity contribution in [3.05, 3.63) is 33.9 Å². The van der Waals surface area contributed by atoms with E-state index in [1.165, 1.54) is 6.07 Å². The molecule has 1 rings (SSSR count). The van der Waals surface area contributed by atoms with Crippen LogP contribution in [0.25, 0.3) is 0 Å². The van der Waals surface area contributed by atoms with E-state index in [4.69, 9.17) is 0 Å². The molecule has 0 atom stereocenters. The highest BCUT2D eigenvalue weighted by Crippen LogP contribution is 2.20. The van der Waals surface area contributed by atoms with Gasteiger partial charge >= 0.3 is 0 Å². The van der Waals surface area contributed by atoms with E-state index < -0.39 is 0 Å². The smallest absolute Gasteiger partial charge is 0.269 e. The van der Waals surface area contributed by atoms with Gasteiger partial charge in [0.15, 0.2) is 0 Å². The van der Waals surface area contributed by atoms with E-state index in [-0.39, 0.29) is 10.6 Å². The van der Waals surface area contributed by atoms with Crippen molar-refractivity contribution in [2.45, 2.75) is 20.3 Å². The molecule has 0 fully saturated rings. The van der Waals surface area contributed by atoms with Crippen LogP contribution >= 0.6 is 0 Å². The minimum atomic E-state index is -0.373. The molecule has 0 spiro atoms. The minimum absolute atomic E-state index is 0.140. The Morgan fingerprint density at radius 3 is 2.71 bits per heavy atom. The Balaban J connectivity index is 2.46. The summed E-state index contributed by atoms with van der Waals surface area (Å²) in [5.41, 5.74) is 2.01. The lowest BCUT2D eigenvalue weighted by Crippen LogP contribution is -2.17. The monoisotopic (exact) mass is 237 g/mol. The molecule has 0 aliphatic rings. The Morgan fingerprint density at radius 1 is 1.35 bits per heavy atom. The Hall–Kier alpha value is -1.62. The van der Waals surface area contributed by atoms with E-state index in [0.717, 1.165) is 37.3 Å². The molecule has 94 valence electrons. The normalized spacial score (nSPS) is 10.2. The van der Waals surface area contributed by atoms with Crippen LogP contribution in [0.15, 0.2) is 18.2 Å². The predicted molar refractivity (Wildman–Crippen MR) is 69.5 cm³/mol. The zero-order chi connectivity index (χ0) is 12.7. The zero-order valence-corrected chi connectivity index (χ0v) is 10.3. The summed E-state index contributed by atoms with van der Waals surface area (Å²) >= 11 is 0. The first-order valence-electron chi connectivity index (χ1n) is 5.84. The summed E-state index contributed by atoms with van der Waals surface area (Å²) in [5, 5.41) is 17.1. The fourth-order valence-corrected chi connectivity index (χ4v) is 1.57. The number of rotatable bonds is 7. The maximum atomic E-state index is 10.6. The third kappa shape index (κ3) is 4.40. The van der Waals surface area contributed by atoms with Crippen molar-refractivity contribution in [1.82, 2.24) is 5.32 Å². The highest BCUT2D eigenvalue weighted by Gasteiger charge is 2.07. The number of non-ortho nitro benzene ring substituents is 1. The lowest BCUT2D eigenvalue weighted by atomic mass is 10.2. The van der Waals surface area contributed by atoms with E-state index in [9.17, 15) is 10.1 Å². The number of benzene rings is 1. The number of nitro groups is 1. The minimum Gasteiger partial charge on any atom is -0.385 e. The highest BCUT2D eigenvalue weighted by atomic mass is 16.6. The summed E-state index contributed by atoms with van der Waals surface area (Å²) in [5.74, 6) is 0. The molecule has 0 aliphatic heterocycles. The molecular formula is C12H19N3O2. The Morgan fingerprint density at radius 2 is 2.12 bits per heavy atom. The van der Waals surface area contributed by atoms with E-state index in [0.29, 0.717) is 0 Å². The summed E-state index contributed by atoms with van der Waals surface area (Å²) < 4.78 is 0. The fourth-order valence-electron chi connectivity index (χ4n) is 1.57. The van der Waals surface area contributed by atoms with Crippen LogP contribution in [0.4, 0.5) is 11.4 Å². The molecule has 0 aromatic heterocycles. The van der Waals surface area contributed by atoms with Crippen LogP contribution in [0, 0.1) is 17.0 Å². The van der Waals surface area contributed by atoms with Crippen LogP contribution in [0.5, 0.6) is 0 Å². The second kappa shape index (κ2) is 6.85. The Labute approximate surface area is 101 Å². The second-order valence-electron chi connectivity index (χ2n) is 3.89. The fraction of sp³-hybridized carbons (Fsp3) is 0.500. The molecule has 0 aliphatic carbocycles. The van der Waals surface area contributed by atoms with Crippen LogP contribution in [0.3, 0.4) is 0 Å². The van der Waals surface area contributed by atoms with Crippen molar-refractivity contribution < 1.29 is 4.92 Å². The van der Waals surface area contributed by atoms with E-state index in [2.05, 4.69) is 17.6 Å². The molecule has 5 nitrogen and oxygen atoms in total. The topological polar surface area (TPSA) is 67.2 Å². The van der Waals surface area contributed by atoms with Crippen molar-refractivity contribution in [2.24, 2.45) is 0 Å². The van der Waals surface area contributed by atoms with E-state index in [1.807, 2.05) is 6.92 Å². The predicted octanol–water partition coefficient (Wildman–Crippen LogP) is 2.31. The number of aryl methyl sites for hydroxylation is 1. The molecule has 0 saturated heterocycles. The van der Waals surface area contributed by atoms with Gasteiger partial charge in [0.1, 0.15) is 0 Å². The van der Waals surface area contributed by atoms with E-state index >= 15 is 0 Å². The molecule has 0 heterocycles. The van der Waals surface area contributed by atoms with Gasteiger partial charge in [-0.2, -0.15) is 0 Å². The maximum Gasteiger partial charge on any atom is 0.269 e. The number of anilines is 1. The molecule has 0 amide bonds. The van der Waals surface area contributed by atoms with Crippen molar-refractivity contribution in [1.29, 1.82) is 0 Å². The molecule has 0 saturated carbocycles. The molecule has 0 bridgehead atoms. The molecule has 17 heavy (non-hydrogen) atoms. The average molecular weight is 237 g/mol. The lowest BCUT2D eigenvalue weighted by molar-refractivity contribution is -0.384. The molecule has 1 aromatic rings. The summed E-state index contributed by atoms with van der Waals surface area (Å²) in [6, 6.07) is 4.88. The van der Waals surface area contributed by atoms with Gasteiger partial charge in [0.05, 0.1) is 4.92 Å². The third-order valence-corrected chi connectivity index (χ3v) is 2.52. The van der Waals surface area contributed by atoms with Crippen LogP contribution in [0.1, 0.15) is 18.9 Å². The average Bonchev–Trinajstić information content (AvgIpc) is 2.30. The largest absolute Gasteiger partial charge is 0.385 e. The summed E-state index contributed by atoms with van der Waals surface area (Å²) in [6.45, 7) is 6.78. The molecule has 0 radical (unpaired) electrons. The van der Waals surface area contributed by atoms with E-state index in [1.54, 1.807) is 12.1 Å². The quantitative estimate of drug-likeness (QED) is 0.434. The molecule has 1 aromatic carbocycles. The first-order chi connectivity index (χ1) is 8.15. The Bertz CT molecular complexity index is 380. The van der Waals surface area contributed by atoms with Crippen LogP contribution < -0.4 is 10.6 Å². The summed E-state index contributed by atoms with van der Waals surface area (Å²) in [4.78, 5) is 10.2.